The fourth-order valence-electron chi connectivity index (χ4n) is 3.33. The van der Waals surface area contributed by atoms with Crippen LogP contribution < -0.4 is 0 Å². The molecule has 2 rings (SSSR count). The van der Waals surface area contributed by atoms with E-state index in [4.69, 9.17) is 0 Å². The fraction of sp³-hybridized carbons (Fsp3) is 0.632. The first-order chi connectivity index (χ1) is 9.35. The highest BCUT2D eigenvalue weighted by Gasteiger charge is 2.37. The van der Waals surface area contributed by atoms with Gasteiger partial charge in [0.15, 0.2) is 5.78 Å². The number of benzene rings is 1. The molecule has 0 amide bonds. The lowest BCUT2D eigenvalue weighted by Crippen LogP contribution is -2.25. The lowest BCUT2D eigenvalue weighted by Gasteiger charge is -2.25. The molecule has 1 nitrogen and oxygen atoms in total. The number of carbonyl (C=O) groups is 1. The normalized spacial score (nSPS) is 17.9. The minimum atomic E-state index is -0.122. The summed E-state index contributed by atoms with van der Waals surface area (Å²) in [6.45, 7) is 10.9. The van der Waals surface area contributed by atoms with E-state index in [2.05, 4.69) is 52.8 Å². The Balaban J connectivity index is 2.43. The second-order valence-corrected chi connectivity index (χ2v) is 7.25. The molecule has 110 valence electrons. The molecular formula is C19H28O. The molecule has 0 aliphatic heterocycles. The minimum Gasteiger partial charge on any atom is -0.294 e. The molecule has 0 unspecified atom stereocenters. The minimum absolute atomic E-state index is 0.122. The predicted molar refractivity (Wildman–Crippen MR) is 85.5 cm³/mol. The van der Waals surface area contributed by atoms with Crippen LogP contribution in [0.1, 0.15) is 93.6 Å². The monoisotopic (exact) mass is 272 g/mol. The maximum absolute atomic E-state index is 13.0. The van der Waals surface area contributed by atoms with Gasteiger partial charge >= 0.3 is 0 Å². The first-order valence-electron chi connectivity index (χ1n) is 8.04. The van der Waals surface area contributed by atoms with E-state index in [0.717, 1.165) is 18.4 Å². The van der Waals surface area contributed by atoms with Crippen LogP contribution >= 0.6 is 0 Å². The van der Waals surface area contributed by atoms with Gasteiger partial charge < -0.3 is 0 Å². The molecule has 0 N–H and O–H groups in total. The van der Waals surface area contributed by atoms with Crippen molar-refractivity contribution in [3.8, 4) is 0 Å². The maximum atomic E-state index is 13.0. The molecule has 0 aromatic heterocycles. The summed E-state index contributed by atoms with van der Waals surface area (Å²) in [6.07, 6.45) is 4.50. The van der Waals surface area contributed by atoms with Gasteiger partial charge in [0.25, 0.3) is 0 Å². The molecule has 0 radical (unpaired) electrons. The number of Topliss-reactive ketones (excluding diaryl/α,β-unsaturated/α-hetero) is 1. The topological polar surface area (TPSA) is 17.1 Å². The molecule has 1 aromatic rings. The van der Waals surface area contributed by atoms with Gasteiger partial charge in [-0.1, -0.05) is 65.7 Å². The maximum Gasteiger partial charge on any atom is 0.169 e. The Labute approximate surface area is 123 Å². The SMILES string of the molecule is CC(C)c1ccc(C(=O)C2(C)CCCC2)c(C(C)C)c1. The third kappa shape index (κ3) is 2.82. The molecule has 1 saturated carbocycles. The average Bonchev–Trinajstić information content (AvgIpc) is 2.85. The van der Waals surface area contributed by atoms with Crippen molar-refractivity contribution in [2.45, 2.75) is 72.1 Å². The van der Waals surface area contributed by atoms with Crippen LogP contribution in [0.5, 0.6) is 0 Å². The van der Waals surface area contributed by atoms with Crippen molar-refractivity contribution in [3.63, 3.8) is 0 Å². The molecule has 1 aliphatic carbocycles. The largest absolute Gasteiger partial charge is 0.294 e. The summed E-state index contributed by atoms with van der Waals surface area (Å²) in [5.41, 5.74) is 3.41. The van der Waals surface area contributed by atoms with Crippen LogP contribution in [0.15, 0.2) is 18.2 Å². The zero-order chi connectivity index (χ0) is 14.9. The van der Waals surface area contributed by atoms with Gasteiger partial charge in [-0.25, -0.2) is 0 Å². The van der Waals surface area contributed by atoms with E-state index in [9.17, 15) is 4.79 Å². The molecule has 0 spiro atoms. The Morgan fingerprint density at radius 3 is 2.15 bits per heavy atom. The third-order valence-electron chi connectivity index (χ3n) is 4.86. The van der Waals surface area contributed by atoms with Crippen LogP contribution in [0.3, 0.4) is 0 Å². The smallest absolute Gasteiger partial charge is 0.169 e. The Morgan fingerprint density at radius 2 is 1.65 bits per heavy atom. The molecule has 1 fully saturated rings. The molecular weight excluding hydrogens is 244 g/mol. The van der Waals surface area contributed by atoms with Gasteiger partial charge in [0, 0.05) is 11.0 Å². The van der Waals surface area contributed by atoms with Gasteiger partial charge in [0.1, 0.15) is 0 Å². The summed E-state index contributed by atoms with van der Waals surface area (Å²) in [5.74, 6) is 1.28. The van der Waals surface area contributed by atoms with Gasteiger partial charge in [-0.2, -0.15) is 0 Å². The highest BCUT2D eigenvalue weighted by atomic mass is 16.1. The van der Waals surface area contributed by atoms with E-state index in [0.29, 0.717) is 17.6 Å². The molecule has 20 heavy (non-hydrogen) atoms. The van der Waals surface area contributed by atoms with E-state index < -0.39 is 0 Å². The zero-order valence-electron chi connectivity index (χ0n) is 13.6. The second-order valence-electron chi connectivity index (χ2n) is 7.25. The zero-order valence-corrected chi connectivity index (χ0v) is 13.6. The summed E-state index contributed by atoms with van der Waals surface area (Å²) in [6, 6.07) is 6.47. The predicted octanol–water partition coefficient (Wildman–Crippen LogP) is 5.70. The van der Waals surface area contributed by atoms with Crippen molar-refractivity contribution in [2.24, 2.45) is 5.41 Å². The van der Waals surface area contributed by atoms with E-state index >= 15 is 0 Å². The van der Waals surface area contributed by atoms with Crippen molar-refractivity contribution in [1.29, 1.82) is 0 Å². The van der Waals surface area contributed by atoms with Crippen LogP contribution in [-0.2, 0) is 0 Å². The van der Waals surface area contributed by atoms with E-state index in [1.165, 1.54) is 24.0 Å². The van der Waals surface area contributed by atoms with Gasteiger partial charge in [0.2, 0.25) is 0 Å². The average molecular weight is 272 g/mol. The van der Waals surface area contributed by atoms with Crippen molar-refractivity contribution in [3.05, 3.63) is 34.9 Å². The van der Waals surface area contributed by atoms with Crippen molar-refractivity contribution >= 4 is 5.78 Å². The third-order valence-corrected chi connectivity index (χ3v) is 4.86. The standard InChI is InChI=1S/C19H28O/c1-13(2)15-8-9-16(17(12-15)14(3)4)18(20)19(5)10-6-7-11-19/h8-9,12-14H,6-7,10-11H2,1-5H3. The number of rotatable bonds is 4. The second kappa shape index (κ2) is 5.71. The first-order valence-corrected chi connectivity index (χ1v) is 8.04. The Kier molecular flexibility index (Phi) is 4.36. The van der Waals surface area contributed by atoms with Crippen LogP contribution in [0.4, 0.5) is 0 Å². The molecule has 1 aliphatic rings. The highest BCUT2D eigenvalue weighted by molar-refractivity contribution is 6.01. The van der Waals surface area contributed by atoms with Gasteiger partial charge in [-0.3, -0.25) is 4.79 Å². The molecule has 1 heteroatoms. The van der Waals surface area contributed by atoms with Gasteiger partial charge in [-0.05, 0) is 35.8 Å². The van der Waals surface area contributed by atoms with Crippen molar-refractivity contribution < 1.29 is 4.79 Å². The van der Waals surface area contributed by atoms with Crippen LogP contribution in [0.25, 0.3) is 0 Å². The Morgan fingerprint density at radius 1 is 1.05 bits per heavy atom. The summed E-state index contributed by atoms with van der Waals surface area (Å²) < 4.78 is 0. The van der Waals surface area contributed by atoms with Crippen molar-refractivity contribution in [2.75, 3.05) is 0 Å². The molecule has 1 aromatic carbocycles. The Bertz CT molecular complexity index is 490. The number of ketones is 1. The van der Waals surface area contributed by atoms with Crippen LogP contribution in [0.2, 0.25) is 0 Å². The van der Waals surface area contributed by atoms with Gasteiger partial charge in [0.05, 0.1) is 0 Å². The fourth-order valence-corrected chi connectivity index (χ4v) is 3.33. The summed E-state index contributed by atoms with van der Waals surface area (Å²) >= 11 is 0. The summed E-state index contributed by atoms with van der Waals surface area (Å²) in [4.78, 5) is 13.0. The van der Waals surface area contributed by atoms with Crippen LogP contribution in [0, 0.1) is 5.41 Å². The molecule has 0 atom stereocenters. The molecule has 0 heterocycles. The summed E-state index contributed by atoms with van der Waals surface area (Å²) in [5, 5.41) is 0. The van der Waals surface area contributed by atoms with E-state index in [1.807, 2.05) is 0 Å². The Hall–Kier alpha value is -1.11. The first kappa shape index (κ1) is 15.3. The quantitative estimate of drug-likeness (QED) is 0.643. The molecule has 0 bridgehead atoms. The summed E-state index contributed by atoms with van der Waals surface area (Å²) in [7, 11) is 0. The number of hydrogen-bond acceptors (Lipinski definition) is 1. The van der Waals surface area contributed by atoms with E-state index in [1.54, 1.807) is 0 Å². The highest BCUT2D eigenvalue weighted by Crippen LogP contribution is 2.41. The number of carbonyl (C=O) groups excluding carboxylic acids is 1. The van der Waals surface area contributed by atoms with Gasteiger partial charge in [-0.15, -0.1) is 0 Å². The van der Waals surface area contributed by atoms with E-state index in [-0.39, 0.29) is 5.41 Å². The lowest BCUT2D eigenvalue weighted by molar-refractivity contribution is 0.0822. The molecule has 0 saturated heterocycles. The van der Waals surface area contributed by atoms with Crippen molar-refractivity contribution in [1.82, 2.24) is 0 Å². The van der Waals surface area contributed by atoms with Crippen LogP contribution in [-0.4, -0.2) is 5.78 Å². The number of hydrogen-bond donors (Lipinski definition) is 0. The lowest BCUT2D eigenvalue weighted by atomic mass is 9.77.